The third kappa shape index (κ3) is 4.91. The van der Waals surface area contributed by atoms with E-state index >= 15 is 0 Å². The van der Waals surface area contributed by atoms with Gasteiger partial charge in [-0.05, 0) is 70.8 Å². The van der Waals surface area contributed by atoms with Crippen LogP contribution in [0.4, 0.5) is 4.39 Å². The fraction of sp³-hybridized carbons (Fsp3) is 0.250. The van der Waals surface area contributed by atoms with E-state index in [4.69, 9.17) is 15.1 Å². The average molecular weight is 598 g/mol. The molecule has 0 unspecified atom stereocenters. The summed E-state index contributed by atoms with van der Waals surface area (Å²) in [5.74, 6) is -0.411. The molecular weight excluding hydrogens is 571 g/mol. The molecule has 1 amide bonds. The highest BCUT2D eigenvalue weighted by Gasteiger charge is 2.33. The molecule has 5 rings (SSSR count). The summed E-state index contributed by atoms with van der Waals surface area (Å²) >= 11 is 4.94. The monoisotopic (exact) mass is 596 g/mol. The second kappa shape index (κ2) is 10.8. The van der Waals surface area contributed by atoms with Crippen LogP contribution < -0.4 is 11.3 Å². The maximum atomic E-state index is 14.2. The van der Waals surface area contributed by atoms with Gasteiger partial charge in [-0.1, -0.05) is 29.8 Å². The Morgan fingerprint density at radius 3 is 2.63 bits per heavy atom. The van der Waals surface area contributed by atoms with Crippen LogP contribution in [0.5, 0.6) is 0 Å². The number of thiophene rings is 1. The Labute approximate surface area is 230 Å². The molecule has 5 aromatic rings. The van der Waals surface area contributed by atoms with E-state index in [1.165, 1.54) is 29.5 Å². The zero-order chi connectivity index (χ0) is 27.0. The lowest BCUT2D eigenvalue weighted by molar-refractivity contribution is 0.0612. The summed E-state index contributed by atoms with van der Waals surface area (Å²) in [6.45, 7) is 4.67. The van der Waals surface area contributed by atoms with Crippen LogP contribution in [-0.4, -0.2) is 33.4 Å². The van der Waals surface area contributed by atoms with Crippen molar-refractivity contribution >= 4 is 55.2 Å². The molecule has 2 aromatic carbocycles. The van der Waals surface area contributed by atoms with Crippen LogP contribution in [0.3, 0.4) is 0 Å². The van der Waals surface area contributed by atoms with Crippen molar-refractivity contribution in [2.24, 2.45) is 11.7 Å². The first-order valence-corrected chi connectivity index (χ1v) is 13.9. The summed E-state index contributed by atoms with van der Waals surface area (Å²) in [5, 5.41) is 4.31. The topological polar surface area (TPSA) is 94.4 Å². The van der Waals surface area contributed by atoms with Crippen molar-refractivity contribution in [3.63, 3.8) is 0 Å². The Balaban J connectivity index is 1.76. The third-order valence-electron chi connectivity index (χ3n) is 6.44. The van der Waals surface area contributed by atoms with Gasteiger partial charge in [-0.15, -0.1) is 0 Å². The highest BCUT2D eigenvalue weighted by Crippen LogP contribution is 2.33. The van der Waals surface area contributed by atoms with E-state index in [2.05, 4.69) is 15.9 Å². The highest BCUT2D eigenvalue weighted by atomic mass is 79.9. The number of nitrogens with zero attached hydrogens (tertiary/aromatic N) is 3. The lowest BCUT2D eigenvalue weighted by Crippen LogP contribution is -2.43. The zero-order valence-electron chi connectivity index (χ0n) is 20.9. The standard InChI is InChI=1S/C28H26BrFN4O3S/c1-16(2)24(33(11-10-31)27(35)18-3-5-19(29)6-4-18)26-32-23-21-13-20(30)7-8-22(21)37-25(23)28(36)34(26)14-17-9-12-38-15-17/h3-9,12-13,15-16,24H,10-11,14,31H2,1-2H3/t24-/m1/s1. The minimum Gasteiger partial charge on any atom is -0.448 e. The summed E-state index contributed by atoms with van der Waals surface area (Å²) in [5.41, 5.74) is 7.71. The van der Waals surface area contributed by atoms with E-state index in [-0.39, 0.29) is 48.1 Å². The van der Waals surface area contributed by atoms with Crippen molar-refractivity contribution in [1.29, 1.82) is 0 Å². The SMILES string of the molecule is CC(C)[C@H](c1nc2c(oc3ccc(F)cc32)c(=O)n1Cc1ccsc1)N(CCN)C(=O)c1ccc(Br)cc1. The summed E-state index contributed by atoms with van der Waals surface area (Å²) in [4.78, 5) is 34.3. The number of hydrogen-bond donors (Lipinski definition) is 1. The Kier molecular flexibility index (Phi) is 7.47. The van der Waals surface area contributed by atoms with Crippen LogP contribution in [0, 0.1) is 11.7 Å². The predicted octanol–water partition coefficient (Wildman–Crippen LogP) is 5.95. The fourth-order valence-electron chi connectivity index (χ4n) is 4.72. The second-order valence-corrected chi connectivity index (χ2v) is 11.1. The molecule has 0 spiro atoms. The quantitative estimate of drug-likeness (QED) is 0.239. The van der Waals surface area contributed by atoms with E-state index in [9.17, 15) is 14.0 Å². The molecule has 7 nitrogen and oxygen atoms in total. The van der Waals surface area contributed by atoms with E-state index in [1.807, 2.05) is 30.7 Å². The van der Waals surface area contributed by atoms with Crippen molar-refractivity contribution in [1.82, 2.24) is 14.5 Å². The smallest absolute Gasteiger partial charge is 0.297 e. The van der Waals surface area contributed by atoms with Crippen molar-refractivity contribution in [3.8, 4) is 0 Å². The Morgan fingerprint density at radius 1 is 1.21 bits per heavy atom. The van der Waals surface area contributed by atoms with Gasteiger partial charge < -0.3 is 15.1 Å². The molecule has 1 atom stereocenters. The minimum absolute atomic E-state index is 0.0525. The van der Waals surface area contributed by atoms with Crippen molar-refractivity contribution in [3.05, 3.63) is 96.9 Å². The molecule has 0 aliphatic carbocycles. The number of aromatic nitrogens is 2. The van der Waals surface area contributed by atoms with Crippen LogP contribution in [0.25, 0.3) is 22.1 Å². The van der Waals surface area contributed by atoms with Gasteiger partial charge in [0, 0.05) is 28.5 Å². The fourth-order valence-corrected chi connectivity index (χ4v) is 5.64. The zero-order valence-corrected chi connectivity index (χ0v) is 23.3. The van der Waals surface area contributed by atoms with E-state index in [0.717, 1.165) is 10.0 Å². The number of halogens is 2. The molecule has 38 heavy (non-hydrogen) atoms. The first kappa shape index (κ1) is 26.3. The van der Waals surface area contributed by atoms with Crippen molar-refractivity contribution in [2.45, 2.75) is 26.4 Å². The van der Waals surface area contributed by atoms with Gasteiger partial charge in [0.1, 0.15) is 22.7 Å². The molecule has 0 saturated carbocycles. The normalized spacial score (nSPS) is 12.5. The van der Waals surface area contributed by atoms with Crippen LogP contribution in [0.1, 0.15) is 41.6 Å². The second-order valence-electron chi connectivity index (χ2n) is 9.40. The number of hydrogen-bond acceptors (Lipinski definition) is 6. The summed E-state index contributed by atoms with van der Waals surface area (Å²) in [6, 6.07) is 12.5. The van der Waals surface area contributed by atoms with Crippen LogP contribution in [0.15, 0.2) is 73.0 Å². The number of fused-ring (bicyclic) bond motifs is 3. The lowest BCUT2D eigenvalue weighted by Gasteiger charge is -2.35. The average Bonchev–Trinajstić information content (AvgIpc) is 3.53. The number of amides is 1. The van der Waals surface area contributed by atoms with Gasteiger partial charge in [-0.3, -0.25) is 14.2 Å². The Bertz CT molecular complexity index is 1660. The molecule has 0 aliphatic rings. The summed E-state index contributed by atoms with van der Waals surface area (Å²) in [7, 11) is 0. The molecule has 0 saturated heterocycles. The highest BCUT2D eigenvalue weighted by molar-refractivity contribution is 9.10. The molecule has 0 fully saturated rings. The maximum Gasteiger partial charge on any atom is 0.297 e. The van der Waals surface area contributed by atoms with Crippen molar-refractivity contribution < 1.29 is 13.6 Å². The van der Waals surface area contributed by atoms with E-state index < -0.39 is 11.9 Å². The minimum atomic E-state index is -0.594. The van der Waals surface area contributed by atoms with Gasteiger partial charge in [0.25, 0.3) is 11.5 Å². The van der Waals surface area contributed by atoms with Gasteiger partial charge in [-0.2, -0.15) is 11.3 Å². The molecule has 3 heterocycles. The van der Waals surface area contributed by atoms with E-state index in [0.29, 0.717) is 22.4 Å². The third-order valence-corrected chi connectivity index (χ3v) is 7.70. The number of furan rings is 1. The molecule has 0 radical (unpaired) electrons. The number of rotatable bonds is 8. The van der Waals surface area contributed by atoms with Gasteiger partial charge in [-0.25, -0.2) is 9.37 Å². The van der Waals surface area contributed by atoms with Crippen LogP contribution in [0.2, 0.25) is 0 Å². The molecule has 2 N–H and O–H groups in total. The Morgan fingerprint density at radius 2 is 1.97 bits per heavy atom. The maximum absolute atomic E-state index is 14.2. The number of carbonyl (C=O) groups is 1. The molecular formula is C28H26BrFN4O3S. The Hall–Kier alpha value is -3.34. The first-order chi connectivity index (χ1) is 18.3. The van der Waals surface area contributed by atoms with Gasteiger partial charge in [0.2, 0.25) is 5.58 Å². The molecule has 10 heteroatoms. The first-order valence-electron chi connectivity index (χ1n) is 12.2. The van der Waals surface area contributed by atoms with Crippen LogP contribution in [-0.2, 0) is 6.54 Å². The van der Waals surface area contributed by atoms with Crippen molar-refractivity contribution in [2.75, 3.05) is 13.1 Å². The molecule has 196 valence electrons. The van der Waals surface area contributed by atoms with Gasteiger partial charge >= 0.3 is 0 Å². The summed E-state index contributed by atoms with van der Waals surface area (Å²) in [6.07, 6.45) is 0. The number of carbonyl (C=O) groups excluding carboxylic acids is 1. The molecule has 3 aromatic heterocycles. The predicted molar refractivity (Wildman–Crippen MR) is 151 cm³/mol. The van der Waals surface area contributed by atoms with Crippen LogP contribution >= 0.6 is 27.3 Å². The number of benzene rings is 2. The van der Waals surface area contributed by atoms with Gasteiger partial charge in [0.15, 0.2) is 0 Å². The number of nitrogens with two attached hydrogens (primary N) is 1. The largest absolute Gasteiger partial charge is 0.448 e. The van der Waals surface area contributed by atoms with Gasteiger partial charge in [0.05, 0.1) is 12.6 Å². The summed E-state index contributed by atoms with van der Waals surface area (Å²) < 4.78 is 22.5. The molecule has 0 bridgehead atoms. The molecule has 0 aliphatic heterocycles. The van der Waals surface area contributed by atoms with E-state index in [1.54, 1.807) is 33.7 Å². The lowest BCUT2D eigenvalue weighted by atomic mass is 9.99.